The number of pyridine rings is 2. The van der Waals surface area contributed by atoms with Crippen LogP contribution in [0.15, 0.2) is 48.8 Å². The van der Waals surface area contributed by atoms with Crippen LogP contribution in [0, 0.1) is 6.92 Å². The number of aryl methyl sites for hydroxylation is 3. The number of rotatable bonds is 0. The van der Waals surface area contributed by atoms with Crippen LogP contribution in [0.2, 0.25) is 0 Å². The Balaban J connectivity index is 2.48. The summed E-state index contributed by atoms with van der Waals surface area (Å²) < 4.78 is 6.74. The van der Waals surface area contributed by atoms with Crippen molar-refractivity contribution in [1.29, 1.82) is 0 Å². The molecule has 0 saturated carbocycles. The zero-order valence-corrected chi connectivity index (χ0v) is 12.0. The Labute approximate surface area is 117 Å². The lowest BCUT2D eigenvalue weighted by Gasteiger charge is -2.08. The van der Waals surface area contributed by atoms with Crippen LogP contribution < -0.4 is 8.97 Å². The topological polar surface area (TPSA) is 12.9 Å². The molecule has 0 fully saturated rings. The van der Waals surface area contributed by atoms with Gasteiger partial charge in [-0.3, -0.25) is 0 Å². The molecule has 0 atom stereocenters. The minimum Gasteiger partial charge on any atom is -0.337 e. The van der Waals surface area contributed by atoms with Crippen LogP contribution in [-0.4, -0.2) is 4.57 Å². The van der Waals surface area contributed by atoms with Gasteiger partial charge < -0.3 is 4.57 Å². The van der Waals surface area contributed by atoms with Gasteiger partial charge in [0.15, 0.2) is 5.52 Å². The first-order chi connectivity index (χ1) is 9.68. The van der Waals surface area contributed by atoms with Gasteiger partial charge in [0.1, 0.15) is 7.05 Å². The van der Waals surface area contributed by atoms with Crippen molar-refractivity contribution in [3.63, 3.8) is 0 Å². The molecule has 98 valence electrons. The van der Waals surface area contributed by atoms with Gasteiger partial charge in [0.05, 0.1) is 5.39 Å². The van der Waals surface area contributed by atoms with E-state index in [4.69, 9.17) is 0 Å². The van der Waals surface area contributed by atoms with Crippen LogP contribution in [0.1, 0.15) is 5.69 Å². The van der Waals surface area contributed by atoms with Crippen LogP contribution in [0.25, 0.3) is 27.5 Å². The second kappa shape index (κ2) is 3.79. The molecule has 0 saturated heterocycles. The first-order valence-electron chi connectivity index (χ1n) is 6.85. The number of imidazole rings is 1. The Morgan fingerprint density at radius 2 is 1.75 bits per heavy atom. The molecule has 3 heterocycles. The van der Waals surface area contributed by atoms with Crippen LogP contribution in [0.5, 0.6) is 0 Å². The highest BCUT2D eigenvalue weighted by atomic mass is 15.1. The van der Waals surface area contributed by atoms with E-state index in [1.54, 1.807) is 0 Å². The lowest BCUT2D eigenvalue weighted by molar-refractivity contribution is -0.678. The fraction of sp³-hybridized carbons (Fsp3) is 0.176. The maximum Gasteiger partial charge on any atom is 0.474 e. The molecule has 20 heavy (non-hydrogen) atoms. The van der Waals surface area contributed by atoms with Crippen molar-refractivity contribution >= 4 is 27.5 Å². The molecule has 0 amide bonds. The van der Waals surface area contributed by atoms with Crippen LogP contribution in [-0.2, 0) is 14.1 Å². The van der Waals surface area contributed by atoms with Crippen LogP contribution >= 0.6 is 0 Å². The highest BCUT2D eigenvalue weighted by molar-refractivity contribution is 6.06. The fourth-order valence-electron chi connectivity index (χ4n) is 3.10. The minimum absolute atomic E-state index is 1.23. The predicted molar refractivity (Wildman–Crippen MR) is 79.5 cm³/mol. The summed E-state index contributed by atoms with van der Waals surface area (Å²) in [5.74, 6) is 0. The van der Waals surface area contributed by atoms with Gasteiger partial charge in [-0.25, -0.2) is 0 Å². The van der Waals surface area contributed by atoms with Gasteiger partial charge in [-0.1, -0.05) is 16.5 Å². The van der Waals surface area contributed by atoms with Gasteiger partial charge >= 0.3 is 5.65 Å². The van der Waals surface area contributed by atoms with Gasteiger partial charge in [-0.15, -0.1) is 4.57 Å². The maximum absolute atomic E-state index is 2.27. The van der Waals surface area contributed by atoms with E-state index in [0.29, 0.717) is 0 Å². The number of hydrogen-bond acceptors (Lipinski definition) is 0. The highest BCUT2D eigenvalue weighted by Crippen LogP contribution is 2.25. The zero-order valence-electron chi connectivity index (χ0n) is 12.0. The average Bonchev–Trinajstić information content (AvgIpc) is 2.85. The van der Waals surface area contributed by atoms with E-state index in [-0.39, 0.29) is 0 Å². The average molecular weight is 263 g/mol. The monoisotopic (exact) mass is 263 g/mol. The number of nitrogens with zero attached hydrogens (tertiary/aromatic N) is 3. The van der Waals surface area contributed by atoms with Crippen molar-refractivity contribution < 1.29 is 8.97 Å². The van der Waals surface area contributed by atoms with Crippen molar-refractivity contribution in [2.45, 2.75) is 6.92 Å². The molecule has 0 unspecified atom stereocenters. The Kier molecular flexibility index (Phi) is 2.16. The second-order valence-electron chi connectivity index (χ2n) is 5.42. The summed E-state index contributed by atoms with van der Waals surface area (Å²) in [5.41, 5.74) is 5.01. The third kappa shape index (κ3) is 1.29. The molecule has 4 aromatic rings. The molecule has 0 bridgehead atoms. The summed E-state index contributed by atoms with van der Waals surface area (Å²) in [7, 11) is 4.24. The van der Waals surface area contributed by atoms with Crippen LogP contribution in [0.3, 0.4) is 0 Å². The van der Waals surface area contributed by atoms with E-state index < -0.39 is 0 Å². The fourth-order valence-corrected chi connectivity index (χ4v) is 3.10. The van der Waals surface area contributed by atoms with Gasteiger partial charge in [0.2, 0.25) is 17.9 Å². The van der Waals surface area contributed by atoms with Crippen molar-refractivity contribution in [3.8, 4) is 0 Å². The standard InChI is InChI=1S/C17H17N3/c1-12-8-9-14-13-6-4-5-7-15(13)20-11-10-18(2)17(20)16(14)19(12)3/h4-11H,1-3H3/q+2. The molecule has 3 heteroatoms. The second-order valence-corrected chi connectivity index (χ2v) is 5.42. The van der Waals surface area contributed by atoms with Crippen molar-refractivity contribution in [2.75, 3.05) is 0 Å². The largest absolute Gasteiger partial charge is 0.474 e. The van der Waals surface area contributed by atoms with Crippen molar-refractivity contribution in [3.05, 3.63) is 54.5 Å². The molecule has 0 aliphatic heterocycles. The summed E-state index contributed by atoms with van der Waals surface area (Å²) in [6.45, 7) is 2.15. The van der Waals surface area contributed by atoms with E-state index in [0.717, 1.165) is 0 Å². The molecule has 0 spiro atoms. The predicted octanol–water partition coefficient (Wildman–Crippen LogP) is 2.20. The third-order valence-electron chi connectivity index (χ3n) is 4.28. The zero-order chi connectivity index (χ0) is 13.9. The van der Waals surface area contributed by atoms with Crippen molar-refractivity contribution in [1.82, 2.24) is 4.57 Å². The van der Waals surface area contributed by atoms with Gasteiger partial charge in [-0.05, 0) is 25.1 Å². The summed E-state index contributed by atoms with van der Waals surface area (Å²) in [4.78, 5) is 0. The molecule has 0 N–H and O–H groups in total. The molecule has 0 aliphatic carbocycles. The number of para-hydroxylation sites is 1. The summed E-state index contributed by atoms with van der Waals surface area (Å²) in [6.07, 6.45) is 4.25. The van der Waals surface area contributed by atoms with E-state index in [2.05, 4.69) is 83.3 Å². The minimum atomic E-state index is 1.23. The highest BCUT2D eigenvalue weighted by Gasteiger charge is 2.26. The Morgan fingerprint density at radius 3 is 2.60 bits per heavy atom. The molecule has 1 aromatic carbocycles. The molecular formula is C17H17N3+2. The van der Waals surface area contributed by atoms with E-state index in [1.165, 1.54) is 33.1 Å². The van der Waals surface area contributed by atoms with Gasteiger partial charge in [-0.2, -0.15) is 0 Å². The Morgan fingerprint density at radius 1 is 0.950 bits per heavy atom. The third-order valence-corrected chi connectivity index (χ3v) is 4.28. The van der Waals surface area contributed by atoms with Gasteiger partial charge in [0.25, 0.3) is 0 Å². The molecule has 4 rings (SSSR count). The number of aromatic nitrogens is 3. The maximum atomic E-state index is 2.27. The number of fused-ring (bicyclic) bond motifs is 6. The summed E-state index contributed by atoms with van der Waals surface area (Å²) >= 11 is 0. The van der Waals surface area contributed by atoms with E-state index >= 15 is 0 Å². The lowest BCUT2D eigenvalue weighted by atomic mass is 10.1. The molecule has 3 aromatic heterocycles. The van der Waals surface area contributed by atoms with Crippen LogP contribution in [0.4, 0.5) is 0 Å². The summed E-state index contributed by atoms with van der Waals surface area (Å²) in [5, 5.41) is 2.59. The quantitative estimate of drug-likeness (QED) is 0.341. The molecule has 3 nitrogen and oxygen atoms in total. The Bertz CT molecular complexity index is 980. The normalized spacial score (nSPS) is 11.8. The smallest absolute Gasteiger partial charge is 0.337 e. The summed E-state index contributed by atoms with van der Waals surface area (Å²) in [6, 6.07) is 13.0. The number of benzene rings is 1. The van der Waals surface area contributed by atoms with Gasteiger partial charge in [0, 0.05) is 24.2 Å². The first-order valence-corrected chi connectivity index (χ1v) is 6.85. The Hall–Kier alpha value is -2.42. The van der Waals surface area contributed by atoms with Crippen molar-refractivity contribution in [2.24, 2.45) is 14.1 Å². The first kappa shape index (κ1) is 11.4. The number of hydrogen-bond donors (Lipinski definition) is 0. The molecule has 0 radical (unpaired) electrons. The lowest BCUT2D eigenvalue weighted by Crippen LogP contribution is -2.33. The molecular weight excluding hydrogens is 246 g/mol. The van der Waals surface area contributed by atoms with E-state index in [9.17, 15) is 0 Å². The van der Waals surface area contributed by atoms with E-state index in [1.807, 2.05) is 0 Å². The molecule has 0 aliphatic rings. The SMILES string of the molecule is Cc1ccc2c3ccccc3[n+]3cc[n+](C)c3c2n1C.